The summed E-state index contributed by atoms with van der Waals surface area (Å²) in [7, 11) is 0. The molecule has 0 aliphatic rings. The van der Waals surface area contributed by atoms with Crippen molar-refractivity contribution < 1.29 is 9.53 Å². The monoisotopic (exact) mass is 425 g/mol. The third kappa shape index (κ3) is 4.36. The number of carbonyl (C=O) groups is 1. The number of nitrogens with zero attached hydrogens (tertiary/aromatic N) is 2. The van der Waals surface area contributed by atoms with E-state index in [-0.39, 0.29) is 19.1 Å². The zero-order chi connectivity index (χ0) is 20.2. The van der Waals surface area contributed by atoms with Gasteiger partial charge in [-0.05, 0) is 36.4 Å². The Morgan fingerprint density at radius 1 is 0.966 bits per heavy atom. The molecule has 146 valence electrons. The number of benzene rings is 3. The molecule has 0 atom stereocenters. The zero-order valence-corrected chi connectivity index (χ0v) is 16.8. The van der Waals surface area contributed by atoms with E-state index in [1.54, 1.807) is 18.2 Å². The Hall–Kier alpha value is -3.02. The highest BCUT2D eigenvalue weighted by Crippen LogP contribution is 2.29. The van der Waals surface area contributed by atoms with E-state index >= 15 is 0 Å². The van der Waals surface area contributed by atoms with E-state index in [4.69, 9.17) is 27.9 Å². The molecule has 0 fully saturated rings. The van der Waals surface area contributed by atoms with Crippen LogP contribution in [0.5, 0.6) is 5.75 Å². The van der Waals surface area contributed by atoms with Crippen LogP contribution in [0.15, 0.2) is 72.8 Å². The van der Waals surface area contributed by atoms with Crippen LogP contribution in [0.25, 0.3) is 11.0 Å². The van der Waals surface area contributed by atoms with Gasteiger partial charge in [0, 0.05) is 0 Å². The Labute approximate surface area is 177 Å². The van der Waals surface area contributed by atoms with Crippen molar-refractivity contribution in [1.82, 2.24) is 9.55 Å². The zero-order valence-electron chi connectivity index (χ0n) is 15.3. The molecule has 0 spiro atoms. The van der Waals surface area contributed by atoms with Crippen LogP contribution < -0.4 is 10.1 Å². The lowest BCUT2D eigenvalue weighted by atomic mass is 10.3. The van der Waals surface area contributed by atoms with E-state index in [1.165, 1.54) is 0 Å². The number of hydrogen-bond donors (Lipinski definition) is 1. The van der Waals surface area contributed by atoms with Gasteiger partial charge in [0.05, 0.1) is 26.8 Å². The third-order valence-electron chi connectivity index (χ3n) is 4.37. The molecule has 29 heavy (non-hydrogen) atoms. The number of para-hydroxylation sites is 3. The molecule has 0 unspecified atom stereocenters. The lowest BCUT2D eigenvalue weighted by Crippen LogP contribution is -2.21. The van der Waals surface area contributed by atoms with Gasteiger partial charge in [0.15, 0.2) is 0 Å². The maximum Gasteiger partial charge on any atom is 0.244 e. The fourth-order valence-corrected chi connectivity index (χ4v) is 3.36. The van der Waals surface area contributed by atoms with Gasteiger partial charge in [0.1, 0.15) is 24.7 Å². The second-order valence-corrected chi connectivity index (χ2v) is 7.14. The normalized spacial score (nSPS) is 10.8. The highest BCUT2D eigenvalue weighted by Gasteiger charge is 2.15. The van der Waals surface area contributed by atoms with Crippen LogP contribution in [0.3, 0.4) is 0 Å². The molecule has 1 amide bonds. The van der Waals surface area contributed by atoms with Crippen LogP contribution in [-0.4, -0.2) is 15.5 Å². The first-order chi connectivity index (χ1) is 14.1. The third-order valence-corrected chi connectivity index (χ3v) is 5.19. The number of halogens is 2. The molecule has 1 heterocycles. The average molecular weight is 426 g/mol. The number of aromatic nitrogens is 2. The van der Waals surface area contributed by atoms with Crippen molar-refractivity contribution in [3.05, 3.63) is 88.7 Å². The van der Waals surface area contributed by atoms with Crippen LogP contribution in [-0.2, 0) is 17.9 Å². The second-order valence-electron chi connectivity index (χ2n) is 6.35. The van der Waals surface area contributed by atoms with Gasteiger partial charge >= 0.3 is 0 Å². The van der Waals surface area contributed by atoms with Crippen LogP contribution >= 0.6 is 23.2 Å². The van der Waals surface area contributed by atoms with Crippen LogP contribution in [0.1, 0.15) is 5.82 Å². The van der Waals surface area contributed by atoms with Gasteiger partial charge in [-0.1, -0.05) is 59.6 Å². The molecule has 0 saturated heterocycles. The number of ether oxygens (including phenoxy) is 1. The molecule has 3 aromatic carbocycles. The SMILES string of the molecule is O=C(Cn1c(COc2ccccc2)nc2ccccc21)Nc1cccc(Cl)c1Cl. The van der Waals surface area contributed by atoms with Gasteiger partial charge in [-0.3, -0.25) is 4.79 Å². The Kier molecular flexibility index (Phi) is 5.69. The molecule has 1 aromatic heterocycles. The maximum absolute atomic E-state index is 12.7. The number of fused-ring (bicyclic) bond motifs is 1. The van der Waals surface area contributed by atoms with Crippen molar-refractivity contribution >= 4 is 45.8 Å². The van der Waals surface area contributed by atoms with Gasteiger partial charge in [0.25, 0.3) is 0 Å². The summed E-state index contributed by atoms with van der Waals surface area (Å²) in [5, 5.41) is 3.50. The molecule has 0 aliphatic heterocycles. The van der Waals surface area contributed by atoms with E-state index in [2.05, 4.69) is 10.3 Å². The topological polar surface area (TPSA) is 56.2 Å². The minimum atomic E-state index is -0.238. The molecule has 0 radical (unpaired) electrons. The van der Waals surface area contributed by atoms with Gasteiger partial charge in [-0.15, -0.1) is 0 Å². The van der Waals surface area contributed by atoms with Crippen LogP contribution in [0.4, 0.5) is 5.69 Å². The lowest BCUT2D eigenvalue weighted by molar-refractivity contribution is -0.116. The Morgan fingerprint density at radius 2 is 1.72 bits per heavy atom. The van der Waals surface area contributed by atoms with Crippen molar-refractivity contribution in [3.63, 3.8) is 0 Å². The molecule has 4 rings (SSSR count). The van der Waals surface area contributed by atoms with Crippen molar-refractivity contribution in [2.75, 3.05) is 5.32 Å². The van der Waals surface area contributed by atoms with Crippen LogP contribution in [0.2, 0.25) is 10.0 Å². The molecule has 4 aromatic rings. The van der Waals surface area contributed by atoms with E-state index in [9.17, 15) is 4.79 Å². The van der Waals surface area contributed by atoms with Crippen molar-refractivity contribution in [2.45, 2.75) is 13.2 Å². The predicted molar refractivity (Wildman–Crippen MR) is 116 cm³/mol. The van der Waals surface area contributed by atoms with Crippen molar-refractivity contribution in [2.24, 2.45) is 0 Å². The molecule has 0 aliphatic carbocycles. The van der Waals surface area contributed by atoms with Gasteiger partial charge in [-0.25, -0.2) is 4.98 Å². The number of anilines is 1. The number of hydrogen-bond acceptors (Lipinski definition) is 3. The number of nitrogens with one attached hydrogen (secondary N) is 1. The van der Waals surface area contributed by atoms with Gasteiger partial charge in [-0.2, -0.15) is 0 Å². The Balaban J connectivity index is 1.58. The summed E-state index contributed by atoms with van der Waals surface area (Å²) in [6.07, 6.45) is 0. The first-order valence-corrected chi connectivity index (χ1v) is 9.73. The fraction of sp³-hybridized carbons (Fsp3) is 0.0909. The first-order valence-electron chi connectivity index (χ1n) is 8.97. The van der Waals surface area contributed by atoms with E-state index in [0.717, 1.165) is 16.8 Å². The average Bonchev–Trinajstić information content (AvgIpc) is 3.08. The summed E-state index contributed by atoms with van der Waals surface area (Å²) in [5.74, 6) is 1.15. The molecule has 7 heteroatoms. The lowest BCUT2D eigenvalue weighted by Gasteiger charge is -2.12. The van der Waals surface area contributed by atoms with E-state index in [0.29, 0.717) is 21.6 Å². The number of carbonyl (C=O) groups excluding carboxylic acids is 1. The van der Waals surface area contributed by atoms with Crippen molar-refractivity contribution in [3.8, 4) is 5.75 Å². The summed E-state index contributed by atoms with van der Waals surface area (Å²) in [5.41, 5.74) is 2.12. The minimum Gasteiger partial charge on any atom is -0.486 e. The van der Waals surface area contributed by atoms with E-state index < -0.39 is 0 Å². The van der Waals surface area contributed by atoms with Crippen molar-refractivity contribution in [1.29, 1.82) is 0 Å². The summed E-state index contributed by atoms with van der Waals surface area (Å²) in [4.78, 5) is 17.3. The molecule has 5 nitrogen and oxygen atoms in total. The molecular formula is C22H17Cl2N3O2. The summed E-state index contributed by atoms with van der Waals surface area (Å²) in [6.45, 7) is 0.306. The highest BCUT2D eigenvalue weighted by atomic mass is 35.5. The summed E-state index contributed by atoms with van der Waals surface area (Å²) in [6, 6.07) is 22.2. The minimum absolute atomic E-state index is 0.0663. The highest BCUT2D eigenvalue weighted by molar-refractivity contribution is 6.43. The maximum atomic E-state index is 12.7. The largest absolute Gasteiger partial charge is 0.486 e. The molecular weight excluding hydrogens is 409 g/mol. The smallest absolute Gasteiger partial charge is 0.244 e. The molecule has 1 N–H and O–H groups in total. The summed E-state index contributed by atoms with van der Waals surface area (Å²) >= 11 is 12.2. The Morgan fingerprint density at radius 3 is 2.55 bits per heavy atom. The summed E-state index contributed by atoms with van der Waals surface area (Å²) < 4.78 is 7.68. The molecule has 0 saturated carbocycles. The number of rotatable bonds is 6. The standard InChI is InChI=1S/C22H17Cl2N3O2/c23-16-9-6-11-18(22(16)24)26-21(28)13-27-19-12-5-4-10-17(19)25-20(27)14-29-15-7-2-1-3-8-15/h1-12H,13-14H2,(H,26,28). The fourth-order valence-electron chi connectivity index (χ4n) is 3.01. The van der Waals surface area contributed by atoms with Gasteiger partial charge < -0.3 is 14.6 Å². The predicted octanol–water partition coefficient (Wildman–Crippen LogP) is 5.56. The first kappa shape index (κ1) is 19.3. The van der Waals surface area contributed by atoms with Crippen LogP contribution in [0, 0.1) is 0 Å². The second kappa shape index (κ2) is 8.55. The van der Waals surface area contributed by atoms with E-state index in [1.807, 2.05) is 59.2 Å². The quantitative estimate of drug-likeness (QED) is 0.439. The molecule has 0 bridgehead atoms. The van der Waals surface area contributed by atoms with Gasteiger partial charge in [0.2, 0.25) is 5.91 Å². The number of imidazole rings is 1. The number of amides is 1. The Bertz CT molecular complexity index is 1160.